The zero-order chi connectivity index (χ0) is 13.0. The minimum absolute atomic E-state index is 0.257. The van der Waals surface area contributed by atoms with E-state index in [9.17, 15) is 4.79 Å². The number of carbonyl (C=O) groups is 1. The smallest absolute Gasteiger partial charge is 0.236 e. The van der Waals surface area contributed by atoms with Gasteiger partial charge in [-0.3, -0.25) is 9.69 Å². The van der Waals surface area contributed by atoms with E-state index in [1.807, 2.05) is 16.7 Å². The minimum atomic E-state index is 0.257. The molecule has 1 saturated heterocycles. The van der Waals surface area contributed by atoms with Gasteiger partial charge in [0.2, 0.25) is 5.91 Å². The molecule has 1 aliphatic carbocycles. The number of thioether (sulfide) groups is 1. The molecule has 0 unspecified atom stereocenters. The van der Waals surface area contributed by atoms with Gasteiger partial charge in [-0.1, -0.05) is 6.42 Å². The fourth-order valence-electron chi connectivity index (χ4n) is 2.93. The zero-order valence-corrected chi connectivity index (χ0v) is 12.2. The SMILES string of the molecule is CS[C@H]1CCC[C@@H]1N(C)CC(=O)N1CCOCC1. The Morgan fingerprint density at radius 3 is 2.78 bits per heavy atom. The van der Waals surface area contributed by atoms with E-state index in [0.29, 0.717) is 31.1 Å². The molecular weight excluding hydrogens is 248 g/mol. The van der Waals surface area contributed by atoms with Gasteiger partial charge in [-0.15, -0.1) is 0 Å². The average molecular weight is 272 g/mol. The number of rotatable bonds is 4. The Balaban J connectivity index is 1.82. The Bertz CT molecular complexity index is 282. The highest BCUT2D eigenvalue weighted by atomic mass is 32.2. The van der Waals surface area contributed by atoms with Crippen LogP contribution in [0.25, 0.3) is 0 Å². The van der Waals surface area contributed by atoms with Crippen molar-refractivity contribution in [1.82, 2.24) is 9.80 Å². The molecule has 4 nitrogen and oxygen atoms in total. The summed E-state index contributed by atoms with van der Waals surface area (Å²) in [7, 11) is 2.09. The van der Waals surface area contributed by atoms with Crippen molar-refractivity contribution in [2.75, 3.05) is 46.2 Å². The lowest BCUT2D eigenvalue weighted by atomic mass is 10.2. The average Bonchev–Trinajstić information content (AvgIpc) is 2.88. The van der Waals surface area contributed by atoms with Crippen molar-refractivity contribution in [3.63, 3.8) is 0 Å². The monoisotopic (exact) mass is 272 g/mol. The highest BCUT2D eigenvalue weighted by molar-refractivity contribution is 7.99. The topological polar surface area (TPSA) is 32.8 Å². The lowest BCUT2D eigenvalue weighted by molar-refractivity contribution is -0.136. The van der Waals surface area contributed by atoms with Crippen LogP contribution in [0.15, 0.2) is 0 Å². The van der Waals surface area contributed by atoms with Gasteiger partial charge < -0.3 is 9.64 Å². The van der Waals surface area contributed by atoms with E-state index in [2.05, 4.69) is 18.2 Å². The molecule has 0 spiro atoms. The summed E-state index contributed by atoms with van der Waals surface area (Å²) < 4.78 is 5.28. The molecular formula is C13H24N2O2S. The molecule has 5 heteroatoms. The van der Waals surface area contributed by atoms with Gasteiger partial charge in [0.25, 0.3) is 0 Å². The lowest BCUT2D eigenvalue weighted by Crippen LogP contribution is -2.48. The largest absolute Gasteiger partial charge is 0.378 e. The molecule has 104 valence electrons. The quantitative estimate of drug-likeness (QED) is 0.766. The zero-order valence-electron chi connectivity index (χ0n) is 11.4. The van der Waals surface area contributed by atoms with E-state index in [-0.39, 0.29) is 5.91 Å². The Morgan fingerprint density at radius 1 is 1.39 bits per heavy atom. The molecule has 1 amide bonds. The molecule has 0 aromatic heterocycles. The summed E-state index contributed by atoms with van der Waals surface area (Å²) in [6.45, 7) is 3.44. The molecule has 0 N–H and O–H groups in total. The normalized spacial score (nSPS) is 28.9. The molecule has 1 saturated carbocycles. The number of hydrogen-bond donors (Lipinski definition) is 0. The molecule has 2 fully saturated rings. The van der Waals surface area contributed by atoms with Gasteiger partial charge in [-0.25, -0.2) is 0 Å². The molecule has 18 heavy (non-hydrogen) atoms. The van der Waals surface area contributed by atoms with Crippen molar-refractivity contribution in [3.05, 3.63) is 0 Å². The summed E-state index contributed by atoms with van der Waals surface area (Å²) >= 11 is 1.94. The maximum atomic E-state index is 12.2. The summed E-state index contributed by atoms with van der Waals surface area (Å²) in [5.41, 5.74) is 0. The highest BCUT2D eigenvalue weighted by Gasteiger charge is 2.31. The van der Waals surface area contributed by atoms with Crippen LogP contribution in [0.3, 0.4) is 0 Å². The standard InChI is InChI=1S/C13H24N2O2S/c1-14(11-4-3-5-12(11)18-2)10-13(16)15-6-8-17-9-7-15/h11-12H,3-10H2,1-2H3/t11-,12-/m0/s1. The Morgan fingerprint density at radius 2 is 2.11 bits per heavy atom. The first-order valence-electron chi connectivity index (χ1n) is 6.81. The van der Waals surface area contributed by atoms with E-state index >= 15 is 0 Å². The van der Waals surface area contributed by atoms with E-state index in [0.717, 1.165) is 13.1 Å². The van der Waals surface area contributed by atoms with Gasteiger partial charge in [-0.2, -0.15) is 11.8 Å². The third-order valence-electron chi connectivity index (χ3n) is 4.04. The predicted octanol–water partition coefficient (Wildman–Crippen LogP) is 1.06. The third kappa shape index (κ3) is 3.39. The van der Waals surface area contributed by atoms with Gasteiger partial charge in [0.05, 0.1) is 19.8 Å². The predicted molar refractivity (Wildman–Crippen MR) is 75.0 cm³/mol. The van der Waals surface area contributed by atoms with Gasteiger partial charge in [0, 0.05) is 24.4 Å². The third-order valence-corrected chi connectivity index (χ3v) is 5.19. The molecule has 2 aliphatic rings. The summed E-state index contributed by atoms with van der Waals surface area (Å²) in [6, 6.07) is 0.574. The van der Waals surface area contributed by atoms with Crippen LogP contribution < -0.4 is 0 Å². The molecule has 2 atom stereocenters. The molecule has 1 aliphatic heterocycles. The van der Waals surface area contributed by atoms with Gasteiger partial charge >= 0.3 is 0 Å². The number of hydrogen-bond acceptors (Lipinski definition) is 4. The molecule has 0 radical (unpaired) electrons. The minimum Gasteiger partial charge on any atom is -0.378 e. The highest BCUT2D eigenvalue weighted by Crippen LogP contribution is 2.31. The molecule has 1 heterocycles. The van der Waals surface area contributed by atoms with Gasteiger partial charge in [-0.05, 0) is 26.1 Å². The van der Waals surface area contributed by atoms with Crippen LogP contribution in [0, 0.1) is 0 Å². The van der Waals surface area contributed by atoms with Crippen molar-refractivity contribution in [2.24, 2.45) is 0 Å². The number of morpholine rings is 1. The summed E-state index contributed by atoms with van der Waals surface area (Å²) in [4.78, 5) is 16.4. The van der Waals surface area contributed by atoms with Crippen LogP contribution in [0.4, 0.5) is 0 Å². The maximum absolute atomic E-state index is 12.2. The van der Waals surface area contributed by atoms with Crippen LogP contribution in [0.5, 0.6) is 0 Å². The summed E-state index contributed by atoms with van der Waals surface area (Å²) in [5, 5.41) is 0.701. The molecule has 0 bridgehead atoms. The number of carbonyl (C=O) groups excluding carboxylic acids is 1. The van der Waals surface area contributed by atoms with Crippen molar-refractivity contribution in [2.45, 2.75) is 30.6 Å². The first kappa shape index (κ1) is 14.2. The van der Waals surface area contributed by atoms with E-state index in [1.54, 1.807) is 0 Å². The molecule has 0 aromatic carbocycles. The van der Waals surface area contributed by atoms with Crippen molar-refractivity contribution in [3.8, 4) is 0 Å². The fraction of sp³-hybridized carbons (Fsp3) is 0.923. The Hall–Kier alpha value is -0.260. The Kier molecular flexibility index (Phi) is 5.33. The second-order valence-electron chi connectivity index (χ2n) is 5.18. The van der Waals surface area contributed by atoms with Crippen LogP contribution in [0.1, 0.15) is 19.3 Å². The second-order valence-corrected chi connectivity index (χ2v) is 6.26. The van der Waals surface area contributed by atoms with Crippen molar-refractivity contribution >= 4 is 17.7 Å². The van der Waals surface area contributed by atoms with Gasteiger partial charge in [0.15, 0.2) is 0 Å². The fourth-order valence-corrected chi connectivity index (χ4v) is 3.99. The Labute approximate surface area is 114 Å². The van der Waals surface area contributed by atoms with Crippen LogP contribution in [0.2, 0.25) is 0 Å². The molecule has 0 aromatic rings. The van der Waals surface area contributed by atoms with E-state index < -0.39 is 0 Å². The van der Waals surface area contributed by atoms with Crippen LogP contribution in [-0.2, 0) is 9.53 Å². The number of amides is 1. The molecule has 2 rings (SSSR count). The van der Waals surface area contributed by atoms with Crippen LogP contribution >= 0.6 is 11.8 Å². The summed E-state index contributed by atoms with van der Waals surface area (Å²) in [5.74, 6) is 0.257. The first-order chi connectivity index (χ1) is 8.72. The van der Waals surface area contributed by atoms with E-state index in [1.165, 1.54) is 19.3 Å². The summed E-state index contributed by atoms with van der Waals surface area (Å²) in [6.07, 6.45) is 6.01. The second kappa shape index (κ2) is 6.78. The number of nitrogens with zero attached hydrogens (tertiary/aromatic N) is 2. The van der Waals surface area contributed by atoms with Crippen molar-refractivity contribution in [1.29, 1.82) is 0 Å². The van der Waals surface area contributed by atoms with E-state index in [4.69, 9.17) is 4.74 Å². The number of ether oxygens (including phenoxy) is 1. The first-order valence-corrected chi connectivity index (χ1v) is 8.09. The number of likely N-dealkylation sites (N-methyl/N-ethyl adjacent to an activating group) is 1. The van der Waals surface area contributed by atoms with Gasteiger partial charge in [0.1, 0.15) is 0 Å². The lowest BCUT2D eigenvalue weighted by Gasteiger charge is -2.32. The van der Waals surface area contributed by atoms with Crippen molar-refractivity contribution < 1.29 is 9.53 Å². The van der Waals surface area contributed by atoms with Crippen LogP contribution in [-0.4, -0.2) is 73.2 Å². The maximum Gasteiger partial charge on any atom is 0.236 e.